The monoisotopic (exact) mass is 450 g/mol. The molecule has 8 nitrogen and oxygen atoms in total. The fourth-order valence-electron chi connectivity index (χ4n) is 2.93. The number of nitrogens with zero attached hydrogens (tertiary/aromatic N) is 4. The minimum absolute atomic E-state index is 0.111. The van der Waals surface area contributed by atoms with E-state index in [4.69, 9.17) is 0 Å². The largest absolute Gasteiger partial charge is 0.352 e. The molecule has 0 saturated heterocycles. The molecule has 0 aliphatic carbocycles. The maximum atomic E-state index is 13.2. The van der Waals surface area contributed by atoms with Crippen molar-refractivity contribution in [2.24, 2.45) is 0 Å². The first-order valence-corrected chi connectivity index (χ1v) is 10.8. The SMILES string of the molecule is O=C(CSc1ccc2nnc(CCNC(=O)c3ccccc3)n2n1)Nc1cccc(F)c1. The summed E-state index contributed by atoms with van der Waals surface area (Å²) in [5.74, 6) is -0.134. The summed E-state index contributed by atoms with van der Waals surface area (Å²) in [5, 5.41) is 18.8. The van der Waals surface area contributed by atoms with Gasteiger partial charge < -0.3 is 10.6 Å². The molecule has 0 bridgehead atoms. The van der Waals surface area contributed by atoms with Crippen molar-refractivity contribution in [1.29, 1.82) is 0 Å². The minimum atomic E-state index is -0.414. The van der Waals surface area contributed by atoms with Crippen molar-refractivity contribution in [3.05, 3.63) is 83.9 Å². The predicted octanol–water partition coefficient (Wildman–Crippen LogP) is 2.97. The van der Waals surface area contributed by atoms with Crippen molar-refractivity contribution in [3.8, 4) is 0 Å². The second-order valence-electron chi connectivity index (χ2n) is 6.78. The van der Waals surface area contributed by atoms with Gasteiger partial charge in [-0.25, -0.2) is 4.39 Å². The molecular weight excluding hydrogens is 431 g/mol. The van der Waals surface area contributed by atoms with Gasteiger partial charge in [0.15, 0.2) is 11.5 Å². The number of hydrogen-bond acceptors (Lipinski definition) is 6. The molecule has 162 valence electrons. The molecule has 0 saturated carbocycles. The lowest BCUT2D eigenvalue weighted by Crippen LogP contribution is -2.26. The third-order valence-electron chi connectivity index (χ3n) is 4.43. The van der Waals surface area contributed by atoms with Crippen LogP contribution in [0.2, 0.25) is 0 Å². The maximum absolute atomic E-state index is 13.2. The Labute approximate surface area is 187 Å². The molecule has 2 amide bonds. The smallest absolute Gasteiger partial charge is 0.251 e. The molecule has 4 rings (SSSR count). The molecule has 2 N–H and O–H groups in total. The first-order chi connectivity index (χ1) is 15.6. The second kappa shape index (κ2) is 10.0. The summed E-state index contributed by atoms with van der Waals surface area (Å²) in [6.45, 7) is 0.379. The van der Waals surface area contributed by atoms with Crippen molar-refractivity contribution >= 4 is 34.9 Å². The lowest BCUT2D eigenvalue weighted by Gasteiger charge is -2.06. The maximum Gasteiger partial charge on any atom is 0.251 e. The summed E-state index contributed by atoms with van der Waals surface area (Å²) >= 11 is 1.24. The van der Waals surface area contributed by atoms with E-state index in [1.807, 2.05) is 18.2 Å². The summed E-state index contributed by atoms with van der Waals surface area (Å²) < 4.78 is 14.8. The number of fused-ring (bicyclic) bond motifs is 1. The molecule has 0 fully saturated rings. The zero-order valence-corrected chi connectivity index (χ0v) is 17.7. The van der Waals surface area contributed by atoms with E-state index in [-0.39, 0.29) is 17.6 Å². The quantitative estimate of drug-likeness (QED) is 0.400. The number of anilines is 1. The average Bonchev–Trinajstić information content (AvgIpc) is 3.20. The summed E-state index contributed by atoms with van der Waals surface area (Å²) in [4.78, 5) is 24.3. The number of benzene rings is 2. The van der Waals surface area contributed by atoms with Crippen molar-refractivity contribution in [2.75, 3.05) is 17.6 Å². The molecule has 0 aliphatic heterocycles. The number of amides is 2. The lowest BCUT2D eigenvalue weighted by molar-refractivity contribution is -0.113. The summed E-state index contributed by atoms with van der Waals surface area (Å²) in [6, 6.07) is 18.2. The topological polar surface area (TPSA) is 101 Å². The van der Waals surface area contributed by atoms with Crippen LogP contribution in [-0.4, -0.2) is 43.9 Å². The number of hydrogen-bond donors (Lipinski definition) is 2. The zero-order chi connectivity index (χ0) is 22.3. The van der Waals surface area contributed by atoms with Crippen LogP contribution in [-0.2, 0) is 11.2 Å². The molecule has 0 spiro atoms. The number of rotatable bonds is 8. The fourth-order valence-corrected chi connectivity index (χ4v) is 3.59. The van der Waals surface area contributed by atoms with Gasteiger partial charge in [0.1, 0.15) is 10.8 Å². The van der Waals surface area contributed by atoms with Gasteiger partial charge in [-0.05, 0) is 42.5 Å². The van der Waals surface area contributed by atoms with Gasteiger partial charge in [-0.15, -0.1) is 10.2 Å². The third kappa shape index (κ3) is 5.46. The Morgan fingerprint density at radius 2 is 1.84 bits per heavy atom. The van der Waals surface area contributed by atoms with E-state index in [1.165, 1.54) is 30.0 Å². The molecule has 0 aliphatic rings. The van der Waals surface area contributed by atoms with Gasteiger partial charge in [-0.1, -0.05) is 36.0 Å². The van der Waals surface area contributed by atoms with Crippen molar-refractivity contribution in [1.82, 2.24) is 25.1 Å². The van der Waals surface area contributed by atoms with E-state index in [0.717, 1.165) is 0 Å². The normalized spacial score (nSPS) is 10.8. The molecule has 0 atom stereocenters. The number of carbonyl (C=O) groups excluding carboxylic acids is 2. The molecule has 0 unspecified atom stereocenters. The molecule has 32 heavy (non-hydrogen) atoms. The molecule has 2 aromatic heterocycles. The van der Waals surface area contributed by atoms with Crippen LogP contribution in [0.3, 0.4) is 0 Å². The second-order valence-corrected chi connectivity index (χ2v) is 7.77. The van der Waals surface area contributed by atoms with Gasteiger partial charge in [0.2, 0.25) is 5.91 Å². The first-order valence-electron chi connectivity index (χ1n) is 9.81. The Kier molecular flexibility index (Phi) is 6.71. The van der Waals surface area contributed by atoms with E-state index in [2.05, 4.69) is 25.9 Å². The Hall–Kier alpha value is -3.79. The molecule has 0 radical (unpaired) electrons. The highest BCUT2D eigenvalue weighted by molar-refractivity contribution is 7.99. The van der Waals surface area contributed by atoms with Gasteiger partial charge in [0.25, 0.3) is 5.91 Å². The first kappa shape index (κ1) is 21.4. The van der Waals surface area contributed by atoms with Crippen molar-refractivity contribution < 1.29 is 14.0 Å². The van der Waals surface area contributed by atoms with Crippen LogP contribution < -0.4 is 10.6 Å². The highest BCUT2D eigenvalue weighted by Crippen LogP contribution is 2.17. The number of halogens is 1. The fraction of sp³-hybridized carbons (Fsp3) is 0.136. The number of nitrogens with one attached hydrogen (secondary N) is 2. The third-order valence-corrected chi connectivity index (χ3v) is 5.35. The Balaban J connectivity index is 1.34. The predicted molar refractivity (Wildman–Crippen MR) is 119 cm³/mol. The van der Waals surface area contributed by atoms with E-state index in [0.29, 0.717) is 40.7 Å². The number of carbonyl (C=O) groups is 2. The average molecular weight is 450 g/mol. The Morgan fingerprint density at radius 1 is 1.00 bits per heavy atom. The highest BCUT2D eigenvalue weighted by Gasteiger charge is 2.11. The van der Waals surface area contributed by atoms with Crippen LogP contribution in [0.4, 0.5) is 10.1 Å². The van der Waals surface area contributed by atoms with Gasteiger partial charge >= 0.3 is 0 Å². The van der Waals surface area contributed by atoms with Gasteiger partial charge in [0, 0.05) is 24.2 Å². The standard InChI is InChI=1S/C22H19FN6O2S/c23-16-7-4-8-17(13-16)25-20(30)14-32-21-10-9-18-26-27-19(29(18)28-21)11-12-24-22(31)15-5-2-1-3-6-15/h1-10,13H,11-12,14H2,(H,24,31)(H,25,30). The van der Waals surface area contributed by atoms with Crippen molar-refractivity contribution in [2.45, 2.75) is 11.4 Å². The Morgan fingerprint density at radius 3 is 2.66 bits per heavy atom. The molecule has 2 heterocycles. The van der Waals surface area contributed by atoms with E-state index in [9.17, 15) is 14.0 Å². The minimum Gasteiger partial charge on any atom is -0.352 e. The lowest BCUT2D eigenvalue weighted by atomic mass is 10.2. The Bertz CT molecular complexity index is 1250. The highest BCUT2D eigenvalue weighted by atomic mass is 32.2. The molecule has 10 heteroatoms. The van der Waals surface area contributed by atoms with Crippen LogP contribution in [0.25, 0.3) is 5.65 Å². The molecule has 4 aromatic rings. The van der Waals surface area contributed by atoms with Crippen LogP contribution >= 0.6 is 11.8 Å². The van der Waals surface area contributed by atoms with E-state index >= 15 is 0 Å². The summed E-state index contributed by atoms with van der Waals surface area (Å²) in [5.41, 5.74) is 1.56. The van der Waals surface area contributed by atoms with Crippen molar-refractivity contribution in [3.63, 3.8) is 0 Å². The number of aromatic nitrogens is 4. The molecule has 2 aromatic carbocycles. The van der Waals surface area contributed by atoms with Crippen LogP contribution in [0.1, 0.15) is 16.2 Å². The van der Waals surface area contributed by atoms with Crippen LogP contribution in [0, 0.1) is 5.82 Å². The van der Waals surface area contributed by atoms with E-state index < -0.39 is 5.82 Å². The van der Waals surface area contributed by atoms with E-state index in [1.54, 1.807) is 34.8 Å². The molecular formula is C22H19FN6O2S. The van der Waals surface area contributed by atoms with Crippen LogP contribution in [0.15, 0.2) is 71.8 Å². The van der Waals surface area contributed by atoms with Gasteiger partial charge in [-0.2, -0.15) is 9.61 Å². The zero-order valence-electron chi connectivity index (χ0n) is 16.9. The summed E-state index contributed by atoms with van der Waals surface area (Å²) in [6.07, 6.45) is 0.445. The van der Waals surface area contributed by atoms with Gasteiger partial charge in [-0.3, -0.25) is 9.59 Å². The summed E-state index contributed by atoms with van der Waals surface area (Å²) in [7, 11) is 0. The van der Waals surface area contributed by atoms with Gasteiger partial charge in [0.05, 0.1) is 5.75 Å². The number of thioether (sulfide) groups is 1. The van der Waals surface area contributed by atoms with Crippen LogP contribution in [0.5, 0.6) is 0 Å².